The monoisotopic (exact) mass is 286 g/mol. The molecule has 0 bridgehead atoms. The highest BCUT2D eigenvalue weighted by molar-refractivity contribution is 5.94. The van der Waals surface area contributed by atoms with Crippen LogP contribution in [0.2, 0.25) is 0 Å². The van der Waals surface area contributed by atoms with Gasteiger partial charge in [0.05, 0.1) is 11.3 Å². The van der Waals surface area contributed by atoms with Crippen LogP contribution in [0.3, 0.4) is 0 Å². The van der Waals surface area contributed by atoms with Gasteiger partial charge < -0.3 is 15.3 Å². The Morgan fingerprint density at radius 2 is 1.95 bits per heavy atom. The van der Waals surface area contributed by atoms with Crippen LogP contribution in [0.15, 0.2) is 36.5 Å². The number of aromatic nitrogens is 2. The molecule has 0 radical (unpaired) electrons. The zero-order chi connectivity index (χ0) is 15.2. The van der Waals surface area contributed by atoms with E-state index in [0.717, 1.165) is 13.1 Å². The number of nitrogens with one attached hydrogen (secondary N) is 1. The molecule has 0 fully saturated rings. The van der Waals surface area contributed by atoms with E-state index in [1.54, 1.807) is 36.5 Å². The van der Waals surface area contributed by atoms with Crippen LogP contribution in [0.25, 0.3) is 0 Å². The van der Waals surface area contributed by atoms with Gasteiger partial charge in [0.15, 0.2) is 0 Å². The Kier molecular flexibility index (Phi) is 4.71. The molecule has 0 atom stereocenters. The molecule has 0 spiro atoms. The largest absolute Gasteiger partial charge is 0.478 e. The molecule has 1 aromatic carbocycles. The lowest BCUT2D eigenvalue weighted by molar-refractivity contribution is 0.0698. The van der Waals surface area contributed by atoms with Gasteiger partial charge in [-0.25, -0.2) is 9.78 Å². The minimum absolute atomic E-state index is 0.209. The summed E-state index contributed by atoms with van der Waals surface area (Å²) in [5, 5.41) is 12.2. The standard InChI is InChI=1S/C15H18N4O2/c1-3-19(4-2)15-16-10-9-13(18-15)17-12-8-6-5-7-11(12)14(20)21/h5-10H,3-4H2,1-2H3,(H,20,21)(H,16,17,18). The number of benzene rings is 1. The van der Waals surface area contributed by atoms with E-state index in [2.05, 4.69) is 15.3 Å². The zero-order valence-electron chi connectivity index (χ0n) is 12.1. The first-order valence-electron chi connectivity index (χ1n) is 6.83. The lowest BCUT2D eigenvalue weighted by Crippen LogP contribution is -2.24. The second-order valence-electron chi connectivity index (χ2n) is 4.39. The highest BCUT2D eigenvalue weighted by atomic mass is 16.4. The average Bonchev–Trinajstić information content (AvgIpc) is 2.49. The quantitative estimate of drug-likeness (QED) is 0.850. The number of hydrogen-bond acceptors (Lipinski definition) is 5. The lowest BCUT2D eigenvalue weighted by Gasteiger charge is -2.19. The molecule has 2 N–H and O–H groups in total. The number of carbonyl (C=O) groups is 1. The number of nitrogens with zero attached hydrogens (tertiary/aromatic N) is 3. The van der Waals surface area contributed by atoms with Crippen LogP contribution in [0.5, 0.6) is 0 Å². The zero-order valence-corrected chi connectivity index (χ0v) is 12.1. The van der Waals surface area contributed by atoms with Gasteiger partial charge in [-0.05, 0) is 32.0 Å². The van der Waals surface area contributed by atoms with Gasteiger partial charge in [0.2, 0.25) is 5.95 Å². The van der Waals surface area contributed by atoms with Gasteiger partial charge in [0.25, 0.3) is 0 Å². The van der Waals surface area contributed by atoms with Gasteiger partial charge in [-0.3, -0.25) is 0 Å². The Morgan fingerprint density at radius 1 is 1.24 bits per heavy atom. The van der Waals surface area contributed by atoms with Crippen molar-refractivity contribution in [3.05, 3.63) is 42.1 Å². The first-order valence-corrected chi connectivity index (χ1v) is 6.83. The summed E-state index contributed by atoms with van der Waals surface area (Å²) in [4.78, 5) is 21.9. The molecule has 0 saturated heterocycles. The van der Waals surface area contributed by atoms with Gasteiger partial charge in [0, 0.05) is 19.3 Å². The second kappa shape index (κ2) is 6.69. The number of para-hydroxylation sites is 1. The number of carboxylic acid groups (broad SMARTS) is 1. The van der Waals surface area contributed by atoms with Crippen LogP contribution in [0, 0.1) is 0 Å². The van der Waals surface area contributed by atoms with E-state index in [9.17, 15) is 9.90 Å². The van der Waals surface area contributed by atoms with Crippen LogP contribution in [0.1, 0.15) is 24.2 Å². The Balaban J connectivity index is 2.28. The minimum atomic E-state index is -0.976. The number of carboxylic acids is 1. The van der Waals surface area contributed by atoms with Crippen LogP contribution < -0.4 is 10.2 Å². The molecule has 0 unspecified atom stereocenters. The predicted molar refractivity (Wildman–Crippen MR) is 82.3 cm³/mol. The smallest absolute Gasteiger partial charge is 0.337 e. The summed E-state index contributed by atoms with van der Waals surface area (Å²) in [6.45, 7) is 5.69. The van der Waals surface area contributed by atoms with E-state index in [0.29, 0.717) is 17.5 Å². The molecule has 0 aliphatic carbocycles. The van der Waals surface area contributed by atoms with Crippen molar-refractivity contribution in [2.45, 2.75) is 13.8 Å². The van der Waals surface area contributed by atoms with Crippen molar-refractivity contribution in [2.75, 3.05) is 23.3 Å². The van der Waals surface area contributed by atoms with E-state index in [1.807, 2.05) is 18.7 Å². The van der Waals surface area contributed by atoms with E-state index in [-0.39, 0.29) is 5.56 Å². The van der Waals surface area contributed by atoms with Gasteiger partial charge in [-0.2, -0.15) is 4.98 Å². The van der Waals surface area contributed by atoms with E-state index >= 15 is 0 Å². The first kappa shape index (κ1) is 14.8. The summed E-state index contributed by atoms with van der Waals surface area (Å²) >= 11 is 0. The van der Waals surface area contributed by atoms with Gasteiger partial charge >= 0.3 is 5.97 Å². The molecule has 0 aliphatic rings. The summed E-state index contributed by atoms with van der Waals surface area (Å²) in [5.74, 6) is 0.217. The molecular formula is C15H18N4O2. The molecular weight excluding hydrogens is 268 g/mol. The molecule has 1 heterocycles. The molecule has 2 aromatic rings. The van der Waals surface area contributed by atoms with Crippen molar-refractivity contribution in [2.24, 2.45) is 0 Å². The van der Waals surface area contributed by atoms with Crippen molar-refractivity contribution in [1.29, 1.82) is 0 Å². The maximum absolute atomic E-state index is 11.2. The van der Waals surface area contributed by atoms with Gasteiger partial charge in [-0.15, -0.1) is 0 Å². The third kappa shape index (κ3) is 3.47. The third-order valence-electron chi connectivity index (χ3n) is 3.11. The Morgan fingerprint density at radius 3 is 2.62 bits per heavy atom. The van der Waals surface area contributed by atoms with E-state index in [4.69, 9.17) is 0 Å². The van der Waals surface area contributed by atoms with E-state index in [1.165, 1.54) is 0 Å². The highest BCUT2D eigenvalue weighted by Crippen LogP contribution is 2.20. The van der Waals surface area contributed by atoms with Crippen molar-refractivity contribution < 1.29 is 9.90 Å². The fourth-order valence-electron chi connectivity index (χ4n) is 1.99. The highest BCUT2D eigenvalue weighted by Gasteiger charge is 2.11. The Hall–Kier alpha value is -2.63. The Labute approximate surface area is 123 Å². The van der Waals surface area contributed by atoms with Crippen molar-refractivity contribution in [3.63, 3.8) is 0 Å². The normalized spacial score (nSPS) is 10.2. The fraction of sp³-hybridized carbons (Fsp3) is 0.267. The molecule has 1 aromatic heterocycles. The van der Waals surface area contributed by atoms with Crippen molar-refractivity contribution in [3.8, 4) is 0 Å². The maximum Gasteiger partial charge on any atom is 0.337 e. The molecule has 0 aliphatic heterocycles. The fourth-order valence-corrected chi connectivity index (χ4v) is 1.99. The number of hydrogen-bond donors (Lipinski definition) is 2. The summed E-state index contributed by atoms with van der Waals surface area (Å²) < 4.78 is 0. The molecule has 110 valence electrons. The van der Waals surface area contributed by atoms with E-state index < -0.39 is 5.97 Å². The topological polar surface area (TPSA) is 78.4 Å². The molecule has 6 heteroatoms. The summed E-state index contributed by atoms with van der Waals surface area (Å²) in [7, 11) is 0. The predicted octanol–water partition coefficient (Wildman–Crippen LogP) is 2.76. The molecule has 6 nitrogen and oxygen atoms in total. The third-order valence-corrected chi connectivity index (χ3v) is 3.11. The number of anilines is 3. The number of rotatable bonds is 6. The maximum atomic E-state index is 11.2. The molecule has 2 rings (SSSR count). The summed E-state index contributed by atoms with van der Waals surface area (Å²) in [6, 6.07) is 8.45. The van der Waals surface area contributed by atoms with Crippen LogP contribution in [-0.4, -0.2) is 34.1 Å². The van der Waals surface area contributed by atoms with Crippen molar-refractivity contribution >= 4 is 23.4 Å². The summed E-state index contributed by atoms with van der Waals surface area (Å²) in [5.41, 5.74) is 0.717. The van der Waals surface area contributed by atoms with Crippen LogP contribution in [-0.2, 0) is 0 Å². The summed E-state index contributed by atoms with van der Waals surface area (Å²) in [6.07, 6.45) is 1.66. The second-order valence-corrected chi connectivity index (χ2v) is 4.39. The first-order chi connectivity index (χ1) is 10.2. The van der Waals surface area contributed by atoms with Crippen molar-refractivity contribution in [1.82, 2.24) is 9.97 Å². The molecule has 0 amide bonds. The lowest BCUT2D eigenvalue weighted by atomic mass is 10.2. The minimum Gasteiger partial charge on any atom is -0.478 e. The Bertz CT molecular complexity index is 627. The SMILES string of the molecule is CCN(CC)c1nccc(Nc2ccccc2C(=O)O)n1. The van der Waals surface area contributed by atoms with Gasteiger partial charge in [0.1, 0.15) is 5.82 Å². The van der Waals surface area contributed by atoms with Gasteiger partial charge in [-0.1, -0.05) is 12.1 Å². The van der Waals surface area contributed by atoms with Crippen LogP contribution in [0.4, 0.5) is 17.5 Å². The average molecular weight is 286 g/mol. The number of aromatic carboxylic acids is 1. The molecule has 0 saturated carbocycles. The molecule has 21 heavy (non-hydrogen) atoms. The van der Waals surface area contributed by atoms with Crippen LogP contribution >= 0.6 is 0 Å².